The van der Waals surface area contributed by atoms with Crippen LogP contribution in [-0.2, 0) is 37.5 Å². The van der Waals surface area contributed by atoms with E-state index in [-0.39, 0.29) is 32.1 Å². The van der Waals surface area contributed by atoms with Gasteiger partial charge in [0.15, 0.2) is 6.10 Å². The number of ether oxygens (including phenoxy) is 2. The molecule has 1 unspecified atom stereocenters. The summed E-state index contributed by atoms with van der Waals surface area (Å²) in [6.07, 6.45) is 11.2. The smallest absolute Gasteiger partial charge is 0.462 e. The number of hydrogen-bond donors (Lipinski definition) is 9. The highest BCUT2D eigenvalue weighted by atomic mass is 31.2. The summed E-state index contributed by atoms with van der Waals surface area (Å²) in [7, 11) is -5.51. The van der Waals surface area contributed by atoms with Crippen LogP contribution in [-0.4, -0.2) is 138 Å². The average molecular weight is 1000 g/mol. The van der Waals surface area contributed by atoms with Crippen LogP contribution in [0, 0.1) is 11.8 Å². The second-order valence-electron chi connectivity index (χ2n) is 18.3. The van der Waals surface area contributed by atoms with Crippen molar-refractivity contribution < 1.29 is 83.2 Å². The molecule has 0 radical (unpaired) electrons. The Morgan fingerprint density at radius 1 is 0.725 bits per heavy atom. The number of ketones is 1. The molecular formula is C51H85O17P. The van der Waals surface area contributed by atoms with Gasteiger partial charge in [-0.25, -0.2) is 4.57 Å². The first kappa shape index (κ1) is 62.2. The highest BCUT2D eigenvalue weighted by Crippen LogP contribution is 2.47. The van der Waals surface area contributed by atoms with Gasteiger partial charge < -0.3 is 55.2 Å². The molecule has 1 heterocycles. The van der Waals surface area contributed by atoms with Gasteiger partial charge in [0.05, 0.1) is 37.1 Å². The number of hydrogen-bond acceptors (Lipinski definition) is 16. The van der Waals surface area contributed by atoms with Crippen molar-refractivity contribution in [3.8, 4) is 0 Å². The molecule has 0 amide bonds. The first-order valence-electron chi connectivity index (χ1n) is 25.3. The van der Waals surface area contributed by atoms with E-state index in [0.29, 0.717) is 19.3 Å². The van der Waals surface area contributed by atoms with Crippen LogP contribution in [0.5, 0.6) is 0 Å². The molecule has 0 aromatic carbocycles. The number of esters is 2. The van der Waals surface area contributed by atoms with Crippen LogP contribution in [0.3, 0.4) is 0 Å². The molecule has 17 nitrogen and oxygen atoms in total. The summed E-state index contributed by atoms with van der Waals surface area (Å²) in [5.41, 5.74) is 0. The fourth-order valence-electron chi connectivity index (χ4n) is 8.16. The number of rotatable bonds is 23. The standard InChI is InChI=1S/C51H85O17P/c1-3-5-7-8-9-10-11-12-13-14-15-16-17-18-19-20-21-22-24-30-45(57)67-39-35-65-44(56)29-26-25-28-38(53)33-41-43(55)34-42(54)40(32-31-37(52)27-23-6-4-2)46(58)49(61)51(50(62)48(60)47(41)59)68-69(63,64)66-36-39/h5,7,9-10,12-13,15-16,31-32,37,39-43,46-52,54-55,58-62H,3-4,6,8,11,14,17-30,33-36H2,1-2H3,(H,63,64)/b7-5-,10-9-,13-12-,16-15-,32-31-/t37-,39+,40-,41-,42+,43-,46+,47+,48-,49+,50+,51+/m0/s1. The molecule has 2 aliphatic rings. The minimum Gasteiger partial charge on any atom is -0.462 e. The zero-order chi connectivity index (χ0) is 51.0. The second-order valence-corrected chi connectivity index (χ2v) is 19.7. The average Bonchev–Trinajstić information content (AvgIpc) is 3.31. The van der Waals surface area contributed by atoms with Crippen LogP contribution < -0.4 is 0 Å². The van der Waals surface area contributed by atoms with Gasteiger partial charge in [-0.3, -0.25) is 23.4 Å². The van der Waals surface area contributed by atoms with Gasteiger partial charge in [0.1, 0.15) is 36.8 Å². The molecule has 13 atom stereocenters. The van der Waals surface area contributed by atoms with Crippen LogP contribution in [0.25, 0.3) is 0 Å². The predicted octanol–water partition coefficient (Wildman–Crippen LogP) is 6.06. The van der Waals surface area contributed by atoms with Gasteiger partial charge in [0, 0.05) is 43.9 Å². The number of phosphoric acid groups is 1. The van der Waals surface area contributed by atoms with Gasteiger partial charge in [0.2, 0.25) is 0 Å². The molecule has 9 N–H and O–H groups in total. The lowest BCUT2D eigenvalue weighted by molar-refractivity contribution is -0.168. The summed E-state index contributed by atoms with van der Waals surface area (Å²) >= 11 is 0. The fourth-order valence-corrected chi connectivity index (χ4v) is 9.13. The Morgan fingerprint density at radius 3 is 2.00 bits per heavy atom. The Hall–Kier alpha value is -2.90. The maximum Gasteiger partial charge on any atom is 0.472 e. The van der Waals surface area contributed by atoms with Gasteiger partial charge in [-0.15, -0.1) is 0 Å². The molecular weight excluding hydrogens is 916 g/mol. The van der Waals surface area contributed by atoms with E-state index in [2.05, 4.69) is 55.5 Å². The highest BCUT2D eigenvalue weighted by Gasteiger charge is 2.49. The summed E-state index contributed by atoms with van der Waals surface area (Å²) in [6, 6.07) is 0. The third-order valence-electron chi connectivity index (χ3n) is 12.3. The van der Waals surface area contributed by atoms with E-state index in [4.69, 9.17) is 18.5 Å². The fraction of sp³-hybridized carbons (Fsp3) is 0.745. The van der Waals surface area contributed by atoms with Gasteiger partial charge >= 0.3 is 19.8 Å². The van der Waals surface area contributed by atoms with Crippen molar-refractivity contribution in [2.45, 2.75) is 216 Å². The van der Waals surface area contributed by atoms with Gasteiger partial charge in [-0.05, 0) is 64.2 Å². The van der Waals surface area contributed by atoms with Gasteiger partial charge in [0.25, 0.3) is 0 Å². The van der Waals surface area contributed by atoms with Crippen molar-refractivity contribution in [1.29, 1.82) is 0 Å². The Balaban J connectivity index is 2.14. The minimum atomic E-state index is -5.51. The van der Waals surface area contributed by atoms with Crippen LogP contribution >= 0.6 is 7.82 Å². The van der Waals surface area contributed by atoms with Crippen molar-refractivity contribution in [1.82, 2.24) is 0 Å². The molecule has 0 aromatic heterocycles. The number of allylic oxidation sites excluding steroid dienone is 8. The van der Waals surface area contributed by atoms with Crippen molar-refractivity contribution in [3.63, 3.8) is 0 Å². The number of fused-ring (bicyclic) bond motifs is 4. The first-order chi connectivity index (χ1) is 33.0. The molecule has 1 aliphatic carbocycles. The lowest BCUT2D eigenvalue weighted by Gasteiger charge is -2.37. The molecule has 0 aromatic rings. The summed E-state index contributed by atoms with van der Waals surface area (Å²) in [5, 5.41) is 90.2. The second kappa shape index (κ2) is 36.1. The van der Waals surface area contributed by atoms with Crippen LogP contribution in [0.4, 0.5) is 0 Å². The Bertz CT molecular complexity index is 1630. The van der Waals surface area contributed by atoms with Crippen molar-refractivity contribution in [3.05, 3.63) is 60.8 Å². The minimum absolute atomic E-state index is 0.0147. The monoisotopic (exact) mass is 1000 g/mol. The molecule has 1 saturated heterocycles. The SMILES string of the molecule is CC/C=C\C/C=C\C/C=C\C/C=C\CCCCCCCCC(=O)O[C@@H]1COC(=O)CCCCC(=O)C[C@@H]2[C@@H](O)[C@H](O)[C@@H](O)[C@H](OP(=O)(O)OC1)[C@H](O)[C@H](O)[C@@H](/C=C\[C@@H](O)CCCCC)[C@H](O)C[C@@H]2O. The van der Waals surface area contributed by atoms with E-state index in [0.717, 1.165) is 77.0 Å². The third kappa shape index (κ3) is 26.4. The van der Waals surface area contributed by atoms with Gasteiger partial charge in [-0.1, -0.05) is 120 Å². The number of cyclic esters (lactones) is 1. The number of Topliss-reactive ketones (excluding diaryl/α,β-unsaturated/α-hetero) is 1. The summed E-state index contributed by atoms with van der Waals surface area (Å²) in [6.45, 7) is 2.59. The lowest BCUT2D eigenvalue weighted by atomic mass is 9.82. The number of aliphatic hydroxyl groups excluding tert-OH is 8. The van der Waals surface area contributed by atoms with E-state index < -0.39 is 124 Å². The Kier molecular flexibility index (Phi) is 32.5. The third-order valence-corrected chi connectivity index (χ3v) is 13.3. The maximum atomic E-state index is 13.6. The van der Waals surface area contributed by atoms with Crippen molar-refractivity contribution in [2.75, 3.05) is 13.2 Å². The summed E-state index contributed by atoms with van der Waals surface area (Å²) in [5.74, 6) is -5.06. The first-order valence-corrected chi connectivity index (χ1v) is 26.8. The van der Waals surface area contributed by atoms with Crippen LogP contribution in [0.1, 0.15) is 155 Å². The topological polar surface area (TPSA) is 287 Å². The Labute approximate surface area is 409 Å². The predicted molar refractivity (Wildman–Crippen MR) is 260 cm³/mol. The molecule has 2 bridgehead atoms. The van der Waals surface area contributed by atoms with Crippen LogP contribution in [0.2, 0.25) is 0 Å². The molecule has 18 heteroatoms. The molecule has 0 spiro atoms. The zero-order valence-electron chi connectivity index (χ0n) is 40.9. The zero-order valence-corrected chi connectivity index (χ0v) is 41.8. The largest absolute Gasteiger partial charge is 0.472 e. The van der Waals surface area contributed by atoms with Crippen molar-refractivity contribution in [2.24, 2.45) is 11.8 Å². The molecule has 2 fully saturated rings. The number of carbonyl (C=O) groups excluding carboxylic acids is 3. The highest BCUT2D eigenvalue weighted by molar-refractivity contribution is 7.47. The van der Waals surface area contributed by atoms with E-state index >= 15 is 0 Å². The van der Waals surface area contributed by atoms with E-state index in [1.54, 1.807) is 0 Å². The van der Waals surface area contributed by atoms with E-state index in [1.807, 2.05) is 6.92 Å². The number of aliphatic hydroxyl groups is 8. The molecule has 1 saturated carbocycles. The quantitative estimate of drug-likeness (QED) is 0.0243. The number of unbranched alkanes of at least 4 members (excludes halogenated alkanes) is 8. The van der Waals surface area contributed by atoms with Crippen molar-refractivity contribution >= 4 is 25.5 Å². The summed E-state index contributed by atoms with van der Waals surface area (Å²) in [4.78, 5) is 49.8. The lowest BCUT2D eigenvalue weighted by Crippen LogP contribution is -2.56. The normalized spacial score (nSPS) is 31.6. The van der Waals surface area contributed by atoms with Gasteiger partial charge in [-0.2, -0.15) is 0 Å². The van der Waals surface area contributed by atoms with E-state index in [9.17, 15) is 64.7 Å². The van der Waals surface area contributed by atoms with Crippen LogP contribution in [0.15, 0.2) is 60.8 Å². The number of carbonyl (C=O) groups is 3. The maximum absolute atomic E-state index is 13.6. The molecule has 1 aliphatic heterocycles. The van der Waals surface area contributed by atoms with E-state index in [1.165, 1.54) is 12.2 Å². The molecule has 396 valence electrons. The number of phosphoric ester groups is 1. The Morgan fingerprint density at radius 2 is 1.33 bits per heavy atom. The molecule has 2 rings (SSSR count). The molecule has 69 heavy (non-hydrogen) atoms. The summed E-state index contributed by atoms with van der Waals surface area (Å²) < 4.78 is 34.7.